The number of hydrogen-bond donors (Lipinski definition) is 0. The Labute approximate surface area is 127 Å². The number of nitro benzene ring substituents is 1. The second-order valence-electron chi connectivity index (χ2n) is 4.74. The molecule has 0 unspecified atom stereocenters. The molecular weight excluding hydrogens is 320 g/mol. The van der Waals surface area contributed by atoms with Crippen molar-refractivity contribution in [1.29, 1.82) is 0 Å². The number of sulfonamides is 1. The fourth-order valence-corrected chi connectivity index (χ4v) is 3.83. The molecule has 0 radical (unpaired) electrons. The number of nitro groups is 1. The van der Waals surface area contributed by atoms with Gasteiger partial charge in [0.25, 0.3) is 5.69 Å². The first-order valence-corrected chi connectivity index (χ1v) is 8.15. The molecule has 0 aromatic heterocycles. The van der Waals surface area contributed by atoms with Crippen LogP contribution in [0.2, 0.25) is 5.02 Å². The summed E-state index contributed by atoms with van der Waals surface area (Å²) in [4.78, 5) is 10.0. The van der Waals surface area contributed by atoms with E-state index in [4.69, 9.17) is 16.3 Å². The zero-order valence-corrected chi connectivity index (χ0v) is 12.9. The number of halogens is 1. The van der Waals surface area contributed by atoms with Crippen LogP contribution in [-0.2, 0) is 14.8 Å². The number of ether oxygens (including phenoxy) is 1. The Morgan fingerprint density at radius 1 is 1.38 bits per heavy atom. The van der Waals surface area contributed by atoms with E-state index in [1.165, 1.54) is 23.5 Å². The summed E-state index contributed by atoms with van der Waals surface area (Å²) >= 11 is 5.70. The molecule has 1 aromatic carbocycles. The maximum absolute atomic E-state index is 12.5. The highest BCUT2D eigenvalue weighted by Gasteiger charge is 2.30. The standard InChI is InChI=1S/C12H15ClN2O5S/c1-14(9-4-6-20-7-5-9)21(18,19)10-2-3-11(13)12(8-10)15(16)17/h2-3,8-9H,4-7H2,1H3. The fraction of sp³-hybridized carbons (Fsp3) is 0.500. The van der Waals surface area contributed by atoms with Crippen LogP contribution < -0.4 is 0 Å². The summed E-state index contributed by atoms with van der Waals surface area (Å²) in [5.41, 5.74) is -0.418. The first kappa shape index (κ1) is 16.2. The van der Waals surface area contributed by atoms with Crippen LogP contribution in [0.5, 0.6) is 0 Å². The van der Waals surface area contributed by atoms with Crippen molar-refractivity contribution >= 4 is 27.3 Å². The molecule has 0 saturated carbocycles. The Hall–Kier alpha value is -1.22. The predicted octanol–water partition coefficient (Wildman–Crippen LogP) is 2.05. The van der Waals surface area contributed by atoms with E-state index in [-0.39, 0.29) is 16.0 Å². The van der Waals surface area contributed by atoms with Crippen molar-refractivity contribution in [2.24, 2.45) is 0 Å². The Morgan fingerprint density at radius 2 is 2.00 bits per heavy atom. The summed E-state index contributed by atoms with van der Waals surface area (Å²) in [7, 11) is -2.32. The van der Waals surface area contributed by atoms with E-state index in [0.717, 1.165) is 6.07 Å². The third-order valence-electron chi connectivity index (χ3n) is 3.50. The molecular formula is C12H15ClN2O5S. The smallest absolute Gasteiger partial charge is 0.289 e. The highest BCUT2D eigenvalue weighted by molar-refractivity contribution is 7.89. The predicted molar refractivity (Wildman–Crippen MR) is 76.9 cm³/mol. The van der Waals surface area contributed by atoms with Crippen molar-refractivity contribution in [2.75, 3.05) is 20.3 Å². The lowest BCUT2D eigenvalue weighted by atomic mass is 10.1. The highest BCUT2D eigenvalue weighted by Crippen LogP contribution is 2.29. The largest absolute Gasteiger partial charge is 0.381 e. The van der Waals surface area contributed by atoms with E-state index in [1.807, 2.05) is 0 Å². The maximum atomic E-state index is 12.5. The van der Waals surface area contributed by atoms with Crippen LogP contribution in [0, 0.1) is 10.1 Å². The van der Waals surface area contributed by atoms with Crippen LogP contribution in [0.25, 0.3) is 0 Å². The van der Waals surface area contributed by atoms with Crippen LogP contribution in [0.3, 0.4) is 0 Å². The lowest BCUT2D eigenvalue weighted by Gasteiger charge is -2.30. The molecule has 7 nitrogen and oxygen atoms in total. The van der Waals surface area contributed by atoms with Crippen molar-refractivity contribution < 1.29 is 18.1 Å². The maximum Gasteiger partial charge on any atom is 0.289 e. The van der Waals surface area contributed by atoms with Crippen molar-refractivity contribution in [3.63, 3.8) is 0 Å². The minimum atomic E-state index is -3.80. The molecule has 21 heavy (non-hydrogen) atoms. The number of rotatable bonds is 4. The average molecular weight is 335 g/mol. The molecule has 9 heteroatoms. The molecule has 0 aliphatic carbocycles. The average Bonchev–Trinajstić information content (AvgIpc) is 2.47. The summed E-state index contributed by atoms with van der Waals surface area (Å²) in [6.07, 6.45) is 1.21. The van der Waals surface area contributed by atoms with Crippen molar-refractivity contribution in [1.82, 2.24) is 4.31 Å². The normalized spacial score (nSPS) is 17.1. The van der Waals surface area contributed by atoms with Gasteiger partial charge in [0.1, 0.15) is 5.02 Å². The van der Waals surface area contributed by atoms with Gasteiger partial charge in [-0.3, -0.25) is 10.1 Å². The minimum absolute atomic E-state index is 0.0901. The molecule has 0 amide bonds. The Bertz CT molecular complexity index is 643. The molecule has 2 rings (SSSR count). The summed E-state index contributed by atoms with van der Waals surface area (Å²) < 4.78 is 31.5. The van der Waals surface area contributed by atoms with Crippen LogP contribution >= 0.6 is 11.6 Å². The summed E-state index contributed by atoms with van der Waals surface area (Å²) in [6, 6.07) is 3.33. The van der Waals surface area contributed by atoms with E-state index < -0.39 is 20.6 Å². The molecule has 1 heterocycles. The van der Waals surface area contributed by atoms with Gasteiger partial charge in [-0.05, 0) is 25.0 Å². The molecule has 116 valence electrons. The lowest BCUT2D eigenvalue weighted by Crippen LogP contribution is -2.40. The molecule has 0 atom stereocenters. The quantitative estimate of drug-likeness (QED) is 0.621. The first-order chi connectivity index (χ1) is 9.84. The van der Waals surface area contributed by atoms with Crippen LogP contribution in [0.4, 0.5) is 5.69 Å². The van der Waals surface area contributed by atoms with E-state index >= 15 is 0 Å². The van der Waals surface area contributed by atoms with Crippen molar-refractivity contribution in [3.8, 4) is 0 Å². The van der Waals surface area contributed by atoms with Gasteiger partial charge in [0.15, 0.2) is 0 Å². The lowest BCUT2D eigenvalue weighted by molar-refractivity contribution is -0.384. The fourth-order valence-electron chi connectivity index (χ4n) is 2.20. The van der Waals surface area contributed by atoms with Crippen LogP contribution in [0.15, 0.2) is 23.1 Å². The van der Waals surface area contributed by atoms with Crippen molar-refractivity contribution in [3.05, 3.63) is 33.3 Å². The monoisotopic (exact) mass is 334 g/mol. The molecule has 1 saturated heterocycles. The second kappa shape index (κ2) is 6.27. The SMILES string of the molecule is CN(C1CCOCC1)S(=O)(=O)c1ccc(Cl)c([N+](=O)[O-])c1. The molecule has 0 N–H and O–H groups in total. The first-order valence-electron chi connectivity index (χ1n) is 6.34. The molecule has 1 aliphatic rings. The molecule has 1 aliphatic heterocycles. The summed E-state index contributed by atoms with van der Waals surface area (Å²) in [6.45, 7) is 1.01. The topological polar surface area (TPSA) is 89.8 Å². The number of nitrogens with zero attached hydrogens (tertiary/aromatic N) is 2. The molecule has 1 fully saturated rings. The third-order valence-corrected chi connectivity index (χ3v) is 5.72. The summed E-state index contributed by atoms with van der Waals surface area (Å²) in [5, 5.41) is 10.8. The molecule has 0 bridgehead atoms. The van der Waals surface area contributed by atoms with E-state index in [9.17, 15) is 18.5 Å². The van der Waals surface area contributed by atoms with Gasteiger partial charge in [-0.25, -0.2) is 8.42 Å². The molecule has 1 aromatic rings. The van der Waals surface area contributed by atoms with Gasteiger partial charge in [0, 0.05) is 32.4 Å². The third kappa shape index (κ3) is 3.34. The van der Waals surface area contributed by atoms with E-state index in [2.05, 4.69) is 0 Å². The minimum Gasteiger partial charge on any atom is -0.381 e. The van der Waals surface area contributed by atoms with Gasteiger partial charge < -0.3 is 4.74 Å². The van der Waals surface area contributed by atoms with Gasteiger partial charge in [-0.2, -0.15) is 4.31 Å². The van der Waals surface area contributed by atoms with E-state index in [1.54, 1.807) is 0 Å². The van der Waals surface area contributed by atoms with Crippen LogP contribution in [0.1, 0.15) is 12.8 Å². The van der Waals surface area contributed by atoms with Gasteiger partial charge in [0.2, 0.25) is 10.0 Å². The summed E-state index contributed by atoms with van der Waals surface area (Å²) in [5.74, 6) is 0. The zero-order valence-electron chi connectivity index (χ0n) is 11.4. The van der Waals surface area contributed by atoms with Gasteiger partial charge in [-0.1, -0.05) is 11.6 Å². The second-order valence-corrected chi connectivity index (χ2v) is 7.14. The van der Waals surface area contributed by atoms with Gasteiger partial charge >= 0.3 is 0 Å². The van der Waals surface area contributed by atoms with Crippen LogP contribution in [-0.4, -0.2) is 43.9 Å². The Morgan fingerprint density at radius 3 is 2.57 bits per heavy atom. The molecule has 0 spiro atoms. The van der Waals surface area contributed by atoms with Gasteiger partial charge in [0.05, 0.1) is 9.82 Å². The Kier molecular flexibility index (Phi) is 4.82. The number of hydrogen-bond acceptors (Lipinski definition) is 5. The van der Waals surface area contributed by atoms with Crippen molar-refractivity contribution in [2.45, 2.75) is 23.8 Å². The Balaban J connectivity index is 2.34. The zero-order chi connectivity index (χ0) is 15.6. The highest BCUT2D eigenvalue weighted by atomic mass is 35.5. The number of benzene rings is 1. The van der Waals surface area contributed by atoms with Gasteiger partial charge in [-0.15, -0.1) is 0 Å². The van der Waals surface area contributed by atoms with E-state index in [0.29, 0.717) is 26.1 Å².